The molecule has 1 heterocycles. The molecule has 0 radical (unpaired) electrons. The minimum Gasteiger partial charge on any atom is -0.462 e. The summed E-state index contributed by atoms with van der Waals surface area (Å²) in [6, 6.07) is 26.3. The lowest BCUT2D eigenvalue weighted by atomic mass is 9.89. The summed E-state index contributed by atoms with van der Waals surface area (Å²) in [7, 11) is 0. The number of ether oxygens (including phenoxy) is 1. The van der Waals surface area contributed by atoms with E-state index in [1.54, 1.807) is 0 Å². The maximum Gasteiger partial charge on any atom is 0.339 e. The molecule has 5 rings (SSSR count). The molecule has 0 bridgehead atoms. The van der Waals surface area contributed by atoms with Gasteiger partial charge in [0.1, 0.15) is 0 Å². The van der Waals surface area contributed by atoms with Crippen LogP contribution >= 0.6 is 0 Å². The highest BCUT2D eigenvalue weighted by Gasteiger charge is 2.24. The van der Waals surface area contributed by atoms with Crippen molar-refractivity contribution < 1.29 is 9.53 Å². The zero-order valence-electron chi connectivity index (χ0n) is 15.5. The lowest BCUT2D eigenvalue weighted by Gasteiger charge is -2.15. The molecule has 0 aliphatic heterocycles. The van der Waals surface area contributed by atoms with Crippen LogP contribution in [-0.4, -0.2) is 17.6 Å². The predicted molar refractivity (Wildman–Crippen MR) is 115 cm³/mol. The molecule has 1 aromatic heterocycles. The molecule has 3 heteroatoms. The molecular formula is C25H19NO2. The number of hydrogen-bond acceptors (Lipinski definition) is 2. The van der Waals surface area contributed by atoms with E-state index >= 15 is 0 Å². The number of fused-ring (bicyclic) bond motifs is 5. The number of carbonyl (C=O) groups excluding carboxylic acids is 1. The Morgan fingerprint density at radius 3 is 2.21 bits per heavy atom. The molecule has 3 nitrogen and oxygen atoms in total. The summed E-state index contributed by atoms with van der Waals surface area (Å²) in [4.78, 5) is 16.7. The third-order valence-electron chi connectivity index (χ3n) is 5.21. The van der Waals surface area contributed by atoms with Crippen LogP contribution in [0.15, 0.2) is 78.9 Å². The van der Waals surface area contributed by atoms with E-state index in [1.807, 2.05) is 67.6 Å². The van der Waals surface area contributed by atoms with Crippen molar-refractivity contribution in [3.8, 4) is 11.1 Å². The van der Waals surface area contributed by atoms with Crippen molar-refractivity contribution >= 4 is 38.5 Å². The maximum absolute atomic E-state index is 13.1. The maximum atomic E-state index is 13.1. The highest BCUT2D eigenvalue weighted by atomic mass is 16.5. The number of para-hydroxylation sites is 1. The van der Waals surface area contributed by atoms with E-state index in [0.29, 0.717) is 12.2 Å². The lowest BCUT2D eigenvalue weighted by Crippen LogP contribution is -2.08. The zero-order valence-corrected chi connectivity index (χ0v) is 15.5. The Kier molecular flexibility index (Phi) is 3.87. The molecule has 0 unspecified atom stereocenters. The first-order valence-corrected chi connectivity index (χ1v) is 9.47. The first-order chi connectivity index (χ1) is 13.8. The third kappa shape index (κ3) is 2.40. The summed E-state index contributed by atoms with van der Waals surface area (Å²) in [5.74, 6) is -0.287. The van der Waals surface area contributed by atoms with E-state index in [2.05, 4.69) is 23.2 Å². The fourth-order valence-electron chi connectivity index (χ4n) is 4.09. The largest absolute Gasteiger partial charge is 0.462 e. The van der Waals surface area contributed by atoms with Gasteiger partial charge in [-0.1, -0.05) is 72.8 Å². The fourth-order valence-corrected chi connectivity index (χ4v) is 4.09. The van der Waals surface area contributed by atoms with Crippen molar-refractivity contribution in [1.82, 2.24) is 4.98 Å². The zero-order chi connectivity index (χ0) is 19.1. The van der Waals surface area contributed by atoms with Gasteiger partial charge >= 0.3 is 5.97 Å². The number of nitrogens with one attached hydrogen (secondary N) is 1. The molecule has 0 fully saturated rings. The molecule has 0 aliphatic carbocycles. The van der Waals surface area contributed by atoms with Gasteiger partial charge in [-0.15, -0.1) is 0 Å². The Morgan fingerprint density at radius 2 is 1.46 bits per heavy atom. The van der Waals surface area contributed by atoms with Crippen LogP contribution in [-0.2, 0) is 4.74 Å². The summed E-state index contributed by atoms with van der Waals surface area (Å²) >= 11 is 0. The summed E-state index contributed by atoms with van der Waals surface area (Å²) in [6.07, 6.45) is 0. The van der Waals surface area contributed by atoms with E-state index in [9.17, 15) is 4.79 Å². The normalized spacial score (nSPS) is 11.3. The van der Waals surface area contributed by atoms with Crippen LogP contribution < -0.4 is 0 Å². The van der Waals surface area contributed by atoms with Gasteiger partial charge in [-0.3, -0.25) is 0 Å². The number of hydrogen-bond donors (Lipinski definition) is 1. The molecule has 1 N–H and O–H groups in total. The SMILES string of the molecule is CCOC(=O)c1c(-c2ccccc2)c2c3ccccc3[nH]c2c2ccccc12. The molecule has 0 aliphatic rings. The van der Waals surface area contributed by atoms with Crippen molar-refractivity contribution in [2.45, 2.75) is 6.92 Å². The van der Waals surface area contributed by atoms with Crippen LogP contribution in [0.1, 0.15) is 17.3 Å². The second-order valence-corrected chi connectivity index (χ2v) is 6.80. The monoisotopic (exact) mass is 365 g/mol. The van der Waals surface area contributed by atoms with Crippen LogP contribution in [0.4, 0.5) is 0 Å². The van der Waals surface area contributed by atoms with Crippen molar-refractivity contribution in [3.63, 3.8) is 0 Å². The van der Waals surface area contributed by atoms with Crippen LogP contribution in [0.5, 0.6) is 0 Å². The predicted octanol–water partition coefficient (Wildman–Crippen LogP) is 6.32. The lowest BCUT2D eigenvalue weighted by molar-refractivity contribution is 0.0529. The van der Waals surface area contributed by atoms with Crippen molar-refractivity contribution in [3.05, 3.63) is 84.4 Å². The highest BCUT2D eigenvalue weighted by Crippen LogP contribution is 2.42. The van der Waals surface area contributed by atoms with E-state index in [4.69, 9.17) is 4.74 Å². The van der Waals surface area contributed by atoms with E-state index in [-0.39, 0.29) is 5.97 Å². The average Bonchev–Trinajstić information content (AvgIpc) is 3.13. The Bertz CT molecular complexity index is 1330. The first kappa shape index (κ1) is 16.6. The van der Waals surface area contributed by atoms with Gasteiger partial charge in [0.25, 0.3) is 0 Å². The fraction of sp³-hybridized carbons (Fsp3) is 0.0800. The van der Waals surface area contributed by atoms with Crippen molar-refractivity contribution in [1.29, 1.82) is 0 Å². The molecule has 136 valence electrons. The second-order valence-electron chi connectivity index (χ2n) is 6.80. The molecule has 0 spiro atoms. The molecular weight excluding hydrogens is 346 g/mol. The summed E-state index contributed by atoms with van der Waals surface area (Å²) in [5, 5.41) is 4.09. The van der Waals surface area contributed by atoms with Crippen molar-refractivity contribution in [2.24, 2.45) is 0 Å². The summed E-state index contributed by atoms with van der Waals surface area (Å²) in [5.41, 5.74) is 4.65. The second kappa shape index (κ2) is 6.54. The van der Waals surface area contributed by atoms with Crippen LogP contribution in [0.3, 0.4) is 0 Å². The summed E-state index contributed by atoms with van der Waals surface area (Å²) < 4.78 is 5.49. The molecule has 0 saturated heterocycles. The minimum absolute atomic E-state index is 0.287. The first-order valence-electron chi connectivity index (χ1n) is 9.47. The van der Waals surface area contributed by atoms with Gasteiger partial charge in [-0.2, -0.15) is 0 Å². The number of H-pyrrole nitrogens is 1. The van der Waals surface area contributed by atoms with Gasteiger partial charge < -0.3 is 9.72 Å². The quantitative estimate of drug-likeness (QED) is 0.380. The molecule has 0 saturated carbocycles. The number of aromatic nitrogens is 1. The number of carbonyl (C=O) groups is 1. The Morgan fingerprint density at radius 1 is 0.821 bits per heavy atom. The average molecular weight is 365 g/mol. The standard InChI is InChI=1S/C25H19NO2/c1-2-28-25(27)23-17-12-6-7-13-18(17)24-22(19-14-8-9-15-20(19)26-24)21(23)16-10-4-3-5-11-16/h3-15,26H,2H2,1H3. The van der Waals surface area contributed by atoms with E-state index < -0.39 is 0 Å². The van der Waals surface area contributed by atoms with Crippen molar-refractivity contribution in [2.75, 3.05) is 6.61 Å². The Labute approximate surface area is 162 Å². The molecule has 0 amide bonds. The van der Waals surface area contributed by atoms with Gasteiger partial charge in [-0.05, 0) is 23.9 Å². The number of aromatic amines is 1. The minimum atomic E-state index is -0.287. The smallest absolute Gasteiger partial charge is 0.339 e. The Hall–Kier alpha value is -3.59. The molecule has 5 aromatic rings. The highest BCUT2D eigenvalue weighted by molar-refractivity contribution is 6.28. The number of esters is 1. The van der Waals surface area contributed by atoms with Crippen LogP contribution in [0.2, 0.25) is 0 Å². The topological polar surface area (TPSA) is 42.1 Å². The van der Waals surface area contributed by atoms with Gasteiger partial charge in [-0.25, -0.2) is 4.79 Å². The van der Waals surface area contributed by atoms with Crippen LogP contribution in [0.25, 0.3) is 43.7 Å². The molecule has 0 atom stereocenters. The summed E-state index contributed by atoms with van der Waals surface area (Å²) in [6.45, 7) is 2.18. The van der Waals surface area contributed by atoms with E-state index in [0.717, 1.165) is 43.7 Å². The van der Waals surface area contributed by atoms with Crippen LogP contribution in [0, 0.1) is 0 Å². The Balaban J connectivity index is 2.07. The molecule has 4 aromatic carbocycles. The number of benzene rings is 4. The number of rotatable bonds is 3. The van der Waals surface area contributed by atoms with Gasteiger partial charge in [0.05, 0.1) is 17.7 Å². The molecule has 28 heavy (non-hydrogen) atoms. The third-order valence-corrected chi connectivity index (χ3v) is 5.21. The van der Waals surface area contributed by atoms with Gasteiger partial charge in [0, 0.05) is 27.2 Å². The van der Waals surface area contributed by atoms with Gasteiger partial charge in [0.2, 0.25) is 0 Å². The van der Waals surface area contributed by atoms with Gasteiger partial charge in [0.15, 0.2) is 0 Å². The van der Waals surface area contributed by atoms with E-state index in [1.165, 1.54) is 0 Å².